The number of rotatable bonds is 4. The summed E-state index contributed by atoms with van der Waals surface area (Å²) >= 11 is 5.56. The zero-order valence-corrected chi connectivity index (χ0v) is 11.3. The topological polar surface area (TPSA) is 47.6 Å². The number of carbonyl (C=O) groups excluding carboxylic acids is 1. The standard InChI is InChI=1S/C11H15NO3S2/c1-14-11(2-3-15-7-11)6-12-10(13)9-4-8(16)5-17-9/h4-5,16H,2-3,6-7H2,1H3,(H,12,13). The summed E-state index contributed by atoms with van der Waals surface area (Å²) < 4.78 is 10.7. The Morgan fingerprint density at radius 2 is 2.59 bits per heavy atom. The molecule has 1 aromatic rings. The van der Waals surface area contributed by atoms with Gasteiger partial charge in [0, 0.05) is 37.0 Å². The minimum atomic E-state index is -0.364. The monoisotopic (exact) mass is 273 g/mol. The minimum Gasteiger partial charge on any atom is -0.378 e. The van der Waals surface area contributed by atoms with E-state index in [1.54, 1.807) is 13.2 Å². The number of amides is 1. The molecule has 0 bridgehead atoms. The van der Waals surface area contributed by atoms with Crippen molar-refractivity contribution in [3.8, 4) is 0 Å². The van der Waals surface area contributed by atoms with E-state index in [1.807, 2.05) is 5.38 Å². The van der Waals surface area contributed by atoms with Crippen molar-refractivity contribution in [1.29, 1.82) is 0 Å². The van der Waals surface area contributed by atoms with Gasteiger partial charge in [0.15, 0.2) is 0 Å². The lowest BCUT2D eigenvalue weighted by Crippen LogP contribution is -2.44. The van der Waals surface area contributed by atoms with Crippen LogP contribution >= 0.6 is 24.0 Å². The summed E-state index contributed by atoms with van der Waals surface area (Å²) in [6.07, 6.45) is 0.812. The zero-order valence-electron chi connectivity index (χ0n) is 9.56. The largest absolute Gasteiger partial charge is 0.378 e. The molecule has 0 spiro atoms. The van der Waals surface area contributed by atoms with Crippen LogP contribution in [0.1, 0.15) is 16.1 Å². The normalized spacial score (nSPS) is 23.9. The molecule has 6 heteroatoms. The van der Waals surface area contributed by atoms with Crippen molar-refractivity contribution in [2.24, 2.45) is 0 Å². The molecular formula is C11H15NO3S2. The van der Waals surface area contributed by atoms with E-state index < -0.39 is 0 Å². The van der Waals surface area contributed by atoms with Gasteiger partial charge in [-0.15, -0.1) is 24.0 Å². The van der Waals surface area contributed by atoms with E-state index in [9.17, 15) is 4.79 Å². The molecule has 17 heavy (non-hydrogen) atoms. The van der Waals surface area contributed by atoms with Gasteiger partial charge in [-0.2, -0.15) is 0 Å². The first-order valence-electron chi connectivity index (χ1n) is 5.34. The maximum Gasteiger partial charge on any atom is 0.261 e. The van der Waals surface area contributed by atoms with E-state index in [-0.39, 0.29) is 11.5 Å². The Hall–Kier alpha value is -0.560. The fourth-order valence-electron chi connectivity index (χ4n) is 1.73. The number of nitrogens with one attached hydrogen (secondary N) is 1. The highest BCUT2D eigenvalue weighted by atomic mass is 32.1. The zero-order chi connectivity index (χ0) is 12.3. The fourth-order valence-corrected chi connectivity index (χ4v) is 2.80. The van der Waals surface area contributed by atoms with Gasteiger partial charge in [0.1, 0.15) is 5.60 Å². The third-order valence-corrected chi connectivity index (χ3v) is 4.24. The molecule has 1 fully saturated rings. The quantitative estimate of drug-likeness (QED) is 0.819. The molecule has 1 atom stereocenters. The molecule has 0 aliphatic carbocycles. The van der Waals surface area contributed by atoms with Gasteiger partial charge in [-0.25, -0.2) is 0 Å². The summed E-state index contributed by atoms with van der Waals surface area (Å²) in [7, 11) is 1.65. The van der Waals surface area contributed by atoms with E-state index >= 15 is 0 Å². The first-order valence-corrected chi connectivity index (χ1v) is 6.66. The maximum atomic E-state index is 11.8. The Labute approximate surface area is 110 Å². The van der Waals surface area contributed by atoms with Crippen molar-refractivity contribution in [1.82, 2.24) is 5.32 Å². The van der Waals surface area contributed by atoms with Crippen molar-refractivity contribution in [3.05, 3.63) is 16.3 Å². The highest BCUT2D eigenvalue weighted by Gasteiger charge is 2.35. The predicted molar refractivity (Wildman–Crippen MR) is 69.1 cm³/mol. The van der Waals surface area contributed by atoms with E-state index in [2.05, 4.69) is 17.9 Å². The van der Waals surface area contributed by atoms with Crippen molar-refractivity contribution >= 4 is 29.9 Å². The van der Waals surface area contributed by atoms with Gasteiger partial charge in [-0.1, -0.05) is 0 Å². The van der Waals surface area contributed by atoms with Crippen molar-refractivity contribution in [2.75, 3.05) is 26.9 Å². The number of hydrogen-bond acceptors (Lipinski definition) is 5. The third kappa shape index (κ3) is 3.01. The summed E-state index contributed by atoms with van der Waals surface area (Å²) in [5.41, 5.74) is -0.364. The first-order chi connectivity index (χ1) is 8.15. The molecule has 1 aromatic heterocycles. The molecule has 1 saturated heterocycles. The summed E-state index contributed by atoms with van der Waals surface area (Å²) in [5.74, 6) is -0.0846. The molecular weight excluding hydrogens is 258 g/mol. The van der Waals surface area contributed by atoms with E-state index in [4.69, 9.17) is 9.47 Å². The molecule has 1 amide bonds. The van der Waals surface area contributed by atoms with Gasteiger partial charge in [-0.05, 0) is 6.07 Å². The summed E-state index contributed by atoms with van der Waals surface area (Å²) in [4.78, 5) is 13.3. The molecule has 0 radical (unpaired) electrons. The van der Waals surface area contributed by atoms with Crippen LogP contribution in [-0.4, -0.2) is 38.4 Å². The van der Waals surface area contributed by atoms with Gasteiger partial charge >= 0.3 is 0 Å². The fraction of sp³-hybridized carbons (Fsp3) is 0.545. The van der Waals surface area contributed by atoms with Crippen LogP contribution in [0.4, 0.5) is 0 Å². The van der Waals surface area contributed by atoms with Gasteiger partial charge in [-0.3, -0.25) is 4.79 Å². The molecule has 0 saturated carbocycles. The van der Waals surface area contributed by atoms with Gasteiger partial charge in [0.25, 0.3) is 5.91 Å². The van der Waals surface area contributed by atoms with E-state index in [0.717, 1.165) is 11.3 Å². The Morgan fingerprint density at radius 3 is 3.12 bits per heavy atom. The maximum absolute atomic E-state index is 11.8. The predicted octanol–water partition coefficient (Wildman–Crippen LogP) is 1.57. The summed E-state index contributed by atoms with van der Waals surface area (Å²) in [5, 5.41) is 4.71. The molecule has 1 aliphatic rings. The van der Waals surface area contributed by atoms with E-state index in [0.29, 0.717) is 24.6 Å². The van der Waals surface area contributed by atoms with Crippen molar-refractivity contribution in [3.63, 3.8) is 0 Å². The summed E-state index contributed by atoms with van der Waals surface area (Å²) in [6.45, 7) is 1.69. The van der Waals surface area contributed by atoms with Gasteiger partial charge in [0.05, 0.1) is 11.5 Å². The molecule has 1 aliphatic heterocycles. The molecule has 94 valence electrons. The number of thiol groups is 1. The van der Waals surface area contributed by atoms with Gasteiger partial charge in [0.2, 0.25) is 0 Å². The Morgan fingerprint density at radius 1 is 1.76 bits per heavy atom. The SMILES string of the molecule is COC1(CNC(=O)c2cc(S)cs2)CCOC1. The second-order valence-electron chi connectivity index (χ2n) is 4.04. The average molecular weight is 273 g/mol. The number of ether oxygens (including phenoxy) is 2. The molecule has 1 unspecified atom stereocenters. The number of hydrogen-bond donors (Lipinski definition) is 2. The number of thiophene rings is 1. The second kappa shape index (κ2) is 5.39. The van der Waals surface area contributed by atoms with Gasteiger partial charge < -0.3 is 14.8 Å². The summed E-state index contributed by atoms with van der Waals surface area (Å²) in [6, 6.07) is 1.76. The highest BCUT2D eigenvalue weighted by molar-refractivity contribution is 7.80. The van der Waals surface area contributed by atoms with Crippen LogP contribution < -0.4 is 5.32 Å². The lowest BCUT2D eigenvalue weighted by molar-refractivity contribution is -0.0148. The van der Waals surface area contributed by atoms with Crippen LogP contribution in [0.3, 0.4) is 0 Å². The van der Waals surface area contributed by atoms with Crippen molar-refractivity contribution in [2.45, 2.75) is 16.9 Å². The van der Waals surface area contributed by atoms with E-state index in [1.165, 1.54) is 11.3 Å². The molecule has 2 heterocycles. The minimum absolute atomic E-state index is 0.0846. The lowest BCUT2D eigenvalue weighted by atomic mass is 10.0. The Balaban J connectivity index is 1.91. The Bertz CT molecular complexity index is 399. The third-order valence-electron chi connectivity index (χ3n) is 2.88. The average Bonchev–Trinajstić information content (AvgIpc) is 2.95. The second-order valence-corrected chi connectivity index (χ2v) is 5.47. The van der Waals surface area contributed by atoms with Crippen LogP contribution in [0, 0.1) is 0 Å². The van der Waals surface area contributed by atoms with Crippen LogP contribution in [0.2, 0.25) is 0 Å². The smallest absolute Gasteiger partial charge is 0.261 e. The molecule has 2 rings (SSSR count). The number of carbonyl (C=O) groups is 1. The molecule has 1 N–H and O–H groups in total. The van der Waals surface area contributed by atoms with Crippen LogP contribution in [-0.2, 0) is 9.47 Å². The molecule has 0 aromatic carbocycles. The van der Waals surface area contributed by atoms with Crippen molar-refractivity contribution < 1.29 is 14.3 Å². The Kier molecular flexibility index (Phi) is 4.09. The first kappa shape index (κ1) is 12.9. The van der Waals surface area contributed by atoms with Crippen LogP contribution in [0.5, 0.6) is 0 Å². The molecule has 4 nitrogen and oxygen atoms in total. The number of methoxy groups -OCH3 is 1. The highest BCUT2D eigenvalue weighted by Crippen LogP contribution is 2.22. The lowest BCUT2D eigenvalue weighted by Gasteiger charge is -2.25. The van der Waals surface area contributed by atoms with Crippen LogP contribution in [0.25, 0.3) is 0 Å². The van der Waals surface area contributed by atoms with Crippen LogP contribution in [0.15, 0.2) is 16.3 Å².